The van der Waals surface area contributed by atoms with Crippen molar-refractivity contribution in [2.75, 3.05) is 38.6 Å². The second-order valence-electron chi connectivity index (χ2n) is 6.86. The molecule has 0 heterocycles. The molecule has 2 aromatic rings. The van der Waals surface area contributed by atoms with E-state index < -0.39 is 6.04 Å². The number of benzene rings is 2. The standard InChI is InChI=1S/C23H33N3O2/c1-4-15-26(16-5-2)17-14-24-22(19-10-7-6-8-11-19)23(27)25-20-12-9-13-21(18-20)28-3/h6-13,18,22,24H,4-5,14-17H2,1-3H3,(H,25,27). The van der Waals surface area contributed by atoms with Gasteiger partial charge in [-0.15, -0.1) is 0 Å². The highest BCUT2D eigenvalue weighted by atomic mass is 16.5. The van der Waals surface area contributed by atoms with E-state index in [1.807, 2.05) is 54.6 Å². The predicted octanol–water partition coefficient (Wildman–Crippen LogP) is 4.09. The van der Waals surface area contributed by atoms with Crippen LogP contribution in [0.2, 0.25) is 0 Å². The number of nitrogens with one attached hydrogen (secondary N) is 2. The Morgan fingerprint density at radius 1 is 1.00 bits per heavy atom. The number of carbonyl (C=O) groups is 1. The fraction of sp³-hybridized carbons (Fsp3) is 0.435. The van der Waals surface area contributed by atoms with E-state index in [0.717, 1.165) is 56.0 Å². The number of carbonyl (C=O) groups excluding carboxylic acids is 1. The van der Waals surface area contributed by atoms with Gasteiger partial charge in [-0.1, -0.05) is 50.2 Å². The molecule has 28 heavy (non-hydrogen) atoms. The molecule has 0 fully saturated rings. The van der Waals surface area contributed by atoms with Crippen LogP contribution in [0.3, 0.4) is 0 Å². The van der Waals surface area contributed by atoms with Crippen LogP contribution < -0.4 is 15.4 Å². The van der Waals surface area contributed by atoms with Crippen molar-refractivity contribution in [1.82, 2.24) is 10.2 Å². The molecule has 0 aromatic heterocycles. The van der Waals surface area contributed by atoms with Crippen molar-refractivity contribution in [1.29, 1.82) is 0 Å². The molecular weight excluding hydrogens is 350 g/mol. The lowest BCUT2D eigenvalue weighted by atomic mass is 10.1. The molecule has 1 atom stereocenters. The minimum Gasteiger partial charge on any atom is -0.497 e. The number of amides is 1. The second kappa shape index (κ2) is 12.2. The first-order valence-corrected chi connectivity index (χ1v) is 10.1. The predicted molar refractivity (Wildman–Crippen MR) is 116 cm³/mol. The number of rotatable bonds is 12. The maximum atomic E-state index is 13.0. The Labute approximate surface area is 169 Å². The highest BCUT2D eigenvalue weighted by Crippen LogP contribution is 2.20. The van der Waals surface area contributed by atoms with Crippen LogP contribution in [-0.2, 0) is 4.79 Å². The van der Waals surface area contributed by atoms with Crippen LogP contribution in [-0.4, -0.2) is 44.1 Å². The summed E-state index contributed by atoms with van der Waals surface area (Å²) < 4.78 is 5.25. The lowest BCUT2D eigenvalue weighted by Crippen LogP contribution is -2.39. The highest BCUT2D eigenvalue weighted by molar-refractivity contribution is 5.95. The van der Waals surface area contributed by atoms with Gasteiger partial charge in [-0.25, -0.2) is 0 Å². The van der Waals surface area contributed by atoms with Gasteiger partial charge in [0.25, 0.3) is 0 Å². The molecule has 2 N–H and O–H groups in total. The van der Waals surface area contributed by atoms with Gasteiger partial charge >= 0.3 is 0 Å². The first kappa shape index (κ1) is 21.9. The summed E-state index contributed by atoms with van der Waals surface area (Å²) in [4.78, 5) is 15.5. The van der Waals surface area contributed by atoms with Crippen LogP contribution in [0.4, 0.5) is 5.69 Å². The minimum atomic E-state index is -0.405. The van der Waals surface area contributed by atoms with Crippen LogP contribution in [0.15, 0.2) is 54.6 Å². The summed E-state index contributed by atoms with van der Waals surface area (Å²) in [6.45, 7) is 8.25. The van der Waals surface area contributed by atoms with Gasteiger partial charge in [0.2, 0.25) is 5.91 Å². The zero-order valence-corrected chi connectivity index (χ0v) is 17.3. The number of methoxy groups -OCH3 is 1. The summed E-state index contributed by atoms with van der Waals surface area (Å²) in [5, 5.41) is 6.46. The average Bonchev–Trinajstić information content (AvgIpc) is 2.72. The molecule has 0 saturated carbocycles. The van der Waals surface area contributed by atoms with Gasteiger partial charge in [-0.05, 0) is 43.6 Å². The monoisotopic (exact) mass is 383 g/mol. The van der Waals surface area contributed by atoms with Crippen LogP contribution in [0, 0.1) is 0 Å². The Morgan fingerprint density at radius 3 is 2.36 bits per heavy atom. The van der Waals surface area contributed by atoms with Gasteiger partial charge in [-0.2, -0.15) is 0 Å². The van der Waals surface area contributed by atoms with E-state index in [4.69, 9.17) is 4.74 Å². The molecule has 2 rings (SSSR count). The second-order valence-corrected chi connectivity index (χ2v) is 6.86. The van der Waals surface area contributed by atoms with Gasteiger partial charge in [0, 0.05) is 24.8 Å². The molecule has 1 unspecified atom stereocenters. The van der Waals surface area contributed by atoms with Crippen LogP contribution in [0.1, 0.15) is 38.3 Å². The van der Waals surface area contributed by atoms with E-state index in [1.165, 1.54) is 0 Å². The first-order chi connectivity index (χ1) is 13.7. The van der Waals surface area contributed by atoms with Crippen molar-refractivity contribution in [3.8, 4) is 5.75 Å². The van der Waals surface area contributed by atoms with E-state index in [0.29, 0.717) is 0 Å². The van der Waals surface area contributed by atoms with E-state index in [-0.39, 0.29) is 5.91 Å². The summed E-state index contributed by atoms with van der Waals surface area (Å²) >= 11 is 0. The summed E-state index contributed by atoms with van der Waals surface area (Å²) in [7, 11) is 1.62. The Hall–Kier alpha value is -2.37. The Kier molecular flexibility index (Phi) is 9.52. The van der Waals surface area contributed by atoms with E-state index in [9.17, 15) is 4.79 Å². The van der Waals surface area contributed by atoms with Gasteiger partial charge < -0.3 is 20.3 Å². The minimum absolute atomic E-state index is 0.0722. The van der Waals surface area contributed by atoms with Crippen molar-refractivity contribution in [2.45, 2.75) is 32.7 Å². The lowest BCUT2D eigenvalue weighted by molar-refractivity contribution is -0.118. The molecule has 0 aliphatic heterocycles. The third-order valence-electron chi connectivity index (χ3n) is 4.59. The summed E-state index contributed by atoms with van der Waals surface area (Å²) in [6.07, 6.45) is 2.27. The van der Waals surface area contributed by atoms with Gasteiger partial charge in [0.1, 0.15) is 11.8 Å². The molecule has 0 aliphatic carbocycles. The van der Waals surface area contributed by atoms with Gasteiger partial charge in [0.05, 0.1) is 7.11 Å². The third kappa shape index (κ3) is 6.98. The topological polar surface area (TPSA) is 53.6 Å². The normalized spacial score (nSPS) is 12.0. The number of hydrogen-bond donors (Lipinski definition) is 2. The van der Waals surface area contributed by atoms with Crippen molar-refractivity contribution in [3.05, 3.63) is 60.2 Å². The van der Waals surface area contributed by atoms with E-state index in [1.54, 1.807) is 7.11 Å². The van der Waals surface area contributed by atoms with E-state index >= 15 is 0 Å². The Balaban J connectivity index is 2.05. The van der Waals surface area contributed by atoms with Gasteiger partial charge in [-0.3, -0.25) is 4.79 Å². The van der Waals surface area contributed by atoms with Crippen LogP contribution in [0.5, 0.6) is 5.75 Å². The van der Waals surface area contributed by atoms with Crippen LogP contribution >= 0.6 is 0 Å². The number of anilines is 1. The number of ether oxygens (including phenoxy) is 1. The quantitative estimate of drug-likeness (QED) is 0.580. The van der Waals surface area contributed by atoms with Crippen molar-refractivity contribution >= 4 is 11.6 Å². The lowest BCUT2D eigenvalue weighted by Gasteiger charge is -2.24. The zero-order valence-electron chi connectivity index (χ0n) is 17.3. The van der Waals surface area contributed by atoms with Crippen molar-refractivity contribution in [2.24, 2.45) is 0 Å². The molecule has 0 radical (unpaired) electrons. The molecule has 2 aromatic carbocycles. The average molecular weight is 384 g/mol. The fourth-order valence-corrected chi connectivity index (χ4v) is 3.26. The van der Waals surface area contributed by atoms with Crippen molar-refractivity contribution < 1.29 is 9.53 Å². The third-order valence-corrected chi connectivity index (χ3v) is 4.59. The molecular formula is C23H33N3O2. The maximum Gasteiger partial charge on any atom is 0.246 e. The molecule has 1 amide bonds. The molecule has 0 spiro atoms. The SMILES string of the molecule is CCCN(CCC)CCNC(C(=O)Nc1cccc(OC)c1)c1ccccc1. The smallest absolute Gasteiger partial charge is 0.246 e. The largest absolute Gasteiger partial charge is 0.497 e. The fourth-order valence-electron chi connectivity index (χ4n) is 3.26. The molecule has 0 saturated heterocycles. The zero-order chi connectivity index (χ0) is 20.2. The molecule has 5 heteroatoms. The van der Waals surface area contributed by atoms with E-state index in [2.05, 4.69) is 29.4 Å². The summed E-state index contributed by atoms with van der Waals surface area (Å²) in [5.41, 5.74) is 1.69. The number of hydrogen-bond acceptors (Lipinski definition) is 4. The number of nitrogens with zero attached hydrogens (tertiary/aromatic N) is 1. The summed E-state index contributed by atoms with van der Waals surface area (Å²) in [5.74, 6) is 0.647. The Bertz CT molecular complexity index is 700. The molecule has 0 aliphatic rings. The maximum absolute atomic E-state index is 13.0. The Morgan fingerprint density at radius 2 is 1.71 bits per heavy atom. The van der Waals surface area contributed by atoms with Crippen molar-refractivity contribution in [3.63, 3.8) is 0 Å². The first-order valence-electron chi connectivity index (χ1n) is 10.1. The van der Waals surface area contributed by atoms with Crippen LogP contribution in [0.25, 0.3) is 0 Å². The molecule has 152 valence electrons. The summed E-state index contributed by atoms with van der Waals surface area (Å²) in [6, 6.07) is 16.9. The molecule has 0 bridgehead atoms. The highest BCUT2D eigenvalue weighted by Gasteiger charge is 2.20. The molecule has 5 nitrogen and oxygen atoms in total. The van der Waals surface area contributed by atoms with Gasteiger partial charge in [0.15, 0.2) is 0 Å².